The number of para-hydroxylation sites is 1. The highest BCUT2D eigenvalue weighted by molar-refractivity contribution is 8.14. The summed E-state index contributed by atoms with van der Waals surface area (Å²) in [5.41, 5.74) is 3.51. The molecule has 2 aliphatic heterocycles. The predicted octanol–water partition coefficient (Wildman–Crippen LogP) is 4.46. The quantitative estimate of drug-likeness (QED) is 0.691. The van der Waals surface area contributed by atoms with E-state index in [1.54, 1.807) is 0 Å². The molecule has 1 fully saturated rings. The molecule has 2 aromatic heterocycles. The highest BCUT2D eigenvalue weighted by Gasteiger charge is 2.43. The van der Waals surface area contributed by atoms with E-state index in [9.17, 15) is 0 Å². The number of pyridine rings is 1. The van der Waals surface area contributed by atoms with Crippen molar-refractivity contribution in [2.45, 2.75) is 24.3 Å². The molecule has 1 aromatic carbocycles. The topological polar surface area (TPSA) is 33.4 Å². The normalized spacial score (nSPS) is 24.6. The first-order chi connectivity index (χ1) is 12.8. The largest absolute Gasteiger partial charge is 0.341 e. The van der Waals surface area contributed by atoms with Crippen molar-refractivity contribution in [2.75, 3.05) is 6.54 Å². The second-order valence-corrected chi connectivity index (χ2v) is 8.23. The number of hydrogen-bond acceptors (Lipinski definition) is 4. The van der Waals surface area contributed by atoms with Gasteiger partial charge >= 0.3 is 0 Å². The zero-order valence-corrected chi connectivity index (χ0v) is 15.4. The van der Waals surface area contributed by atoms with Crippen molar-refractivity contribution in [3.63, 3.8) is 0 Å². The number of fused-ring (bicyclic) bond motifs is 1. The van der Waals surface area contributed by atoms with Crippen LogP contribution in [0.5, 0.6) is 0 Å². The zero-order valence-electron chi connectivity index (χ0n) is 14.6. The lowest BCUT2D eigenvalue weighted by Gasteiger charge is -2.26. The van der Waals surface area contributed by atoms with E-state index in [4.69, 9.17) is 4.99 Å². The molecule has 0 N–H and O–H groups in total. The number of aromatic nitrogens is 2. The van der Waals surface area contributed by atoms with Gasteiger partial charge in [0.15, 0.2) is 5.17 Å². The fourth-order valence-electron chi connectivity index (χ4n) is 3.83. The Balaban J connectivity index is 1.54. The second kappa shape index (κ2) is 6.32. The van der Waals surface area contributed by atoms with Gasteiger partial charge in [-0.05, 0) is 35.9 Å². The van der Waals surface area contributed by atoms with E-state index in [0.717, 1.165) is 17.4 Å². The number of hydrogen-bond donors (Lipinski definition) is 0. The van der Waals surface area contributed by atoms with Crippen LogP contribution in [0.1, 0.15) is 30.3 Å². The van der Waals surface area contributed by atoms with E-state index in [1.807, 2.05) is 36.2 Å². The Morgan fingerprint density at radius 2 is 1.88 bits per heavy atom. The van der Waals surface area contributed by atoms with Crippen molar-refractivity contribution in [1.29, 1.82) is 0 Å². The molecule has 0 saturated carbocycles. The van der Waals surface area contributed by atoms with Gasteiger partial charge in [-0.1, -0.05) is 43.0 Å². The van der Waals surface area contributed by atoms with Gasteiger partial charge in [0.1, 0.15) is 6.04 Å². The molecule has 1 saturated heterocycles. The lowest BCUT2D eigenvalue weighted by molar-refractivity contribution is 0.321. The Morgan fingerprint density at radius 3 is 2.69 bits per heavy atom. The maximum Gasteiger partial charge on any atom is 0.160 e. The molecule has 0 bridgehead atoms. The first kappa shape index (κ1) is 15.7. The molecule has 0 amide bonds. The molecular formula is C21H20N4S. The molecule has 5 rings (SSSR count). The molecule has 4 heterocycles. The minimum absolute atomic E-state index is 0.0535. The molecule has 130 valence electrons. The van der Waals surface area contributed by atoms with Crippen molar-refractivity contribution in [3.8, 4) is 5.69 Å². The van der Waals surface area contributed by atoms with Crippen LogP contribution >= 0.6 is 11.8 Å². The van der Waals surface area contributed by atoms with Crippen molar-refractivity contribution >= 4 is 16.9 Å². The van der Waals surface area contributed by atoms with Gasteiger partial charge in [-0.25, -0.2) is 0 Å². The standard InChI is InChI=1S/C21H20N4S/c1-15-13-25-20(16-10-12-24(14-16)17-7-3-2-4-8-17)19(23-21(25)26-15)18-9-5-6-11-22-18/h2-12,14-15,19-20H,13H2,1H3/t15-,19+,20-/m0/s1. The van der Waals surface area contributed by atoms with Crippen LogP contribution in [0, 0.1) is 0 Å². The first-order valence-corrected chi connectivity index (χ1v) is 9.83. The molecule has 26 heavy (non-hydrogen) atoms. The number of nitrogens with zero attached hydrogens (tertiary/aromatic N) is 4. The molecule has 3 aromatic rings. The molecule has 0 radical (unpaired) electrons. The van der Waals surface area contributed by atoms with Gasteiger partial charge in [-0.2, -0.15) is 0 Å². The fraction of sp³-hybridized carbons (Fsp3) is 0.238. The Hall–Kier alpha value is -2.53. The highest BCUT2D eigenvalue weighted by atomic mass is 32.2. The summed E-state index contributed by atoms with van der Waals surface area (Å²) in [6.07, 6.45) is 6.24. The molecular weight excluding hydrogens is 340 g/mol. The maximum absolute atomic E-state index is 5.04. The van der Waals surface area contributed by atoms with E-state index < -0.39 is 0 Å². The Kier molecular flexibility index (Phi) is 3.82. The SMILES string of the molecule is C[C@H]1CN2C(=N[C@H](c3ccccn3)[C@@H]2c2ccn(-c3ccccc3)c2)S1. The van der Waals surface area contributed by atoms with Gasteiger partial charge in [0.05, 0.1) is 11.7 Å². The molecule has 3 atom stereocenters. The summed E-state index contributed by atoms with van der Waals surface area (Å²) in [7, 11) is 0. The van der Waals surface area contributed by atoms with Gasteiger partial charge in [0.25, 0.3) is 0 Å². The molecule has 4 nitrogen and oxygen atoms in total. The van der Waals surface area contributed by atoms with E-state index in [2.05, 4.69) is 70.2 Å². The number of rotatable bonds is 3. The summed E-state index contributed by atoms with van der Waals surface area (Å²) >= 11 is 1.88. The van der Waals surface area contributed by atoms with Gasteiger partial charge in [-0.15, -0.1) is 0 Å². The van der Waals surface area contributed by atoms with Gasteiger partial charge in [0, 0.05) is 36.1 Å². The van der Waals surface area contributed by atoms with Gasteiger partial charge in [-0.3, -0.25) is 9.98 Å². The number of thioether (sulfide) groups is 1. The summed E-state index contributed by atoms with van der Waals surface area (Å²) < 4.78 is 2.19. The lowest BCUT2D eigenvalue weighted by atomic mass is 9.99. The summed E-state index contributed by atoms with van der Waals surface area (Å²) in [4.78, 5) is 12.1. The van der Waals surface area contributed by atoms with Crippen LogP contribution < -0.4 is 0 Å². The number of benzene rings is 1. The minimum Gasteiger partial charge on any atom is -0.341 e. The third-order valence-corrected chi connectivity index (χ3v) is 6.10. The molecule has 0 aliphatic carbocycles. The summed E-state index contributed by atoms with van der Waals surface area (Å²) in [5, 5.41) is 1.74. The Labute approximate surface area is 157 Å². The van der Waals surface area contributed by atoms with E-state index in [1.165, 1.54) is 11.3 Å². The van der Waals surface area contributed by atoms with E-state index >= 15 is 0 Å². The molecule has 0 spiro atoms. The van der Waals surface area contributed by atoms with Crippen molar-refractivity contribution in [2.24, 2.45) is 4.99 Å². The van der Waals surface area contributed by atoms with Crippen molar-refractivity contribution < 1.29 is 0 Å². The Bertz CT molecular complexity index is 935. The van der Waals surface area contributed by atoms with Crippen LogP contribution in [0.25, 0.3) is 5.69 Å². The third-order valence-electron chi connectivity index (χ3n) is 4.99. The van der Waals surface area contributed by atoms with Crippen LogP contribution in [0.15, 0.2) is 78.2 Å². The van der Waals surface area contributed by atoms with Crippen molar-refractivity contribution in [3.05, 3.63) is 84.4 Å². The van der Waals surface area contributed by atoms with Gasteiger partial charge in [0.2, 0.25) is 0 Å². The van der Waals surface area contributed by atoms with Gasteiger partial charge < -0.3 is 9.47 Å². The highest BCUT2D eigenvalue weighted by Crippen LogP contribution is 2.47. The summed E-state index contributed by atoms with van der Waals surface area (Å²) in [5.74, 6) is 0. The maximum atomic E-state index is 5.04. The summed E-state index contributed by atoms with van der Waals surface area (Å²) in [6, 6.07) is 19.0. The number of aliphatic imine (C=N–C) groups is 1. The fourth-order valence-corrected chi connectivity index (χ4v) is 4.92. The van der Waals surface area contributed by atoms with Crippen LogP contribution in [0.2, 0.25) is 0 Å². The van der Waals surface area contributed by atoms with E-state index in [0.29, 0.717) is 5.25 Å². The average molecular weight is 360 g/mol. The van der Waals surface area contributed by atoms with Crippen LogP contribution in [-0.2, 0) is 0 Å². The molecule has 0 unspecified atom stereocenters. The predicted molar refractivity (Wildman–Crippen MR) is 107 cm³/mol. The zero-order chi connectivity index (χ0) is 17.5. The minimum atomic E-state index is 0.0535. The number of amidine groups is 1. The van der Waals surface area contributed by atoms with Crippen LogP contribution in [-0.4, -0.2) is 31.4 Å². The Morgan fingerprint density at radius 1 is 1.04 bits per heavy atom. The first-order valence-electron chi connectivity index (χ1n) is 8.95. The van der Waals surface area contributed by atoms with Crippen LogP contribution in [0.3, 0.4) is 0 Å². The smallest absolute Gasteiger partial charge is 0.160 e. The second-order valence-electron chi connectivity index (χ2n) is 6.82. The lowest BCUT2D eigenvalue weighted by Crippen LogP contribution is -2.28. The van der Waals surface area contributed by atoms with Crippen LogP contribution in [0.4, 0.5) is 0 Å². The monoisotopic (exact) mass is 360 g/mol. The van der Waals surface area contributed by atoms with E-state index in [-0.39, 0.29) is 12.1 Å². The van der Waals surface area contributed by atoms with Crippen molar-refractivity contribution in [1.82, 2.24) is 14.5 Å². The average Bonchev–Trinajstić information content (AvgIpc) is 3.37. The molecule has 5 heteroatoms. The summed E-state index contributed by atoms with van der Waals surface area (Å²) in [6.45, 7) is 3.31. The third kappa shape index (κ3) is 2.63. The molecule has 2 aliphatic rings.